The molecule has 1 N–H and O–H groups in total. The molecule has 0 bridgehead atoms. The number of rotatable bonds is 5. The Hall–Kier alpha value is -1.74. The van der Waals surface area contributed by atoms with E-state index in [0.29, 0.717) is 0 Å². The topological polar surface area (TPSA) is 29.1 Å². The lowest BCUT2D eigenvalue weighted by Crippen LogP contribution is -2.20. The molecular weight excluding hydrogens is 266 g/mol. The molecule has 1 atom stereocenters. The van der Waals surface area contributed by atoms with Crippen LogP contribution in [0.5, 0.6) is 0 Å². The minimum Gasteiger partial charge on any atom is -0.326 e. The van der Waals surface area contributed by atoms with Gasteiger partial charge in [0.2, 0.25) is 5.91 Å². The van der Waals surface area contributed by atoms with Crippen molar-refractivity contribution in [3.8, 4) is 0 Å². The van der Waals surface area contributed by atoms with Gasteiger partial charge >= 0.3 is 0 Å². The highest BCUT2D eigenvalue weighted by molar-refractivity contribution is 7.98. The summed E-state index contributed by atoms with van der Waals surface area (Å²) in [5, 5.41) is 2.99. The van der Waals surface area contributed by atoms with Crippen molar-refractivity contribution in [1.82, 2.24) is 0 Å². The molecule has 20 heavy (non-hydrogen) atoms. The predicted octanol–water partition coefficient (Wildman–Crippen LogP) is 4.54. The van der Waals surface area contributed by atoms with Crippen molar-refractivity contribution in [3.05, 3.63) is 60.2 Å². The monoisotopic (exact) mass is 285 g/mol. The van der Waals surface area contributed by atoms with Gasteiger partial charge in [-0.05, 0) is 42.5 Å². The number of thioether (sulfide) groups is 1. The van der Waals surface area contributed by atoms with Gasteiger partial charge in [-0.3, -0.25) is 4.79 Å². The number of hydrogen-bond donors (Lipinski definition) is 1. The Bertz CT molecular complexity index is 551. The maximum absolute atomic E-state index is 12.4. The maximum atomic E-state index is 12.4. The summed E-state index contributed by atoms with van der Waals surface area (Å²) in [7, 11) is 0. The lowest BCUT2D eigenvalue weighted by Gasteiger charge is -2.15. The van der Waals surface area contributed by atoms with E-state index in [-0.39, 0.29) is 11.8 Å². The van der Waals surface area contributed by atoms with Gasteiger partial charge in [0.05, 0.1) is 5.92 Å². The van der Waals surface area contributed by atoms with Crippen LogP contribution in [0.2, 0.25) is 0 Å². The van der Waals surface area contributed by atoms with Crippen LogP contribution in [-0.2, 0) is 4.79 Å². The molecule has 1 amide bonds. The lowest BCUT2D eigenvalue weighted by molar-refractivity contribution is -0.117. The normalized spacial score (nSPS) is 11.9. The first-order valence-electron chi connectivity index (χ1n) is 6.74. The second-order valence-electron chi connectivity index (χ2n) is 4.59. The van der Waals surface area contributed by atoms with E-state index >= 15 is 0 Å². The molecule has 2 nitrogen and oxygen atoms in total. The fraction of sp³-hybridized carbons (Fsp3) is 0.235. The summed E-state index contributed by atoms with van der Waals surface area (Å²) in [4.78, 5) is 13.6. The van der Waals surface area contributed by atoms with Crippen LogP contribution in [0.1, 0.15) is 24.8 Å². The Morgan fingerprint density at radius 3 is 2.30 bits per heavy atom. The van der Waals surface area contributed by atoms with Gasteiger partial charge in [-0.25, -0.2) is 0 Å². The predicted molar refractivity (Wildman–Crippen MR) is 86.3 cm³/mol. The molecule has 0 spiro atoms. The fourth-order valence-electron chi connectivity index (χ4n) is 2.16. The highest BCUT2D eigenvalue weighted by atomic mass is 32.2. The standard InChI is InChI=1S/C17H19NOS/c1-3-16(13-7-5-4-6-8-13)17(19)18-14-9-11-15(20-2)12-10-14/h4-12,16H,3H2,1-2H3,(H,18,19). The van der Waals surface area contributed by atoms with Crippen LogP contribution < -0.4 is 5.32 Å². The number of anilines is 1. The van der Waals surface area contributed by atoms with E-state index in [1.54, 1.807) is 11.8 Å². The van der Waals surface area contributed by atoms with E-state index in [1.165, 1.54) is 4.90 Å². The van der Waals surface area contributed by atoms with E-state index in [9.17, 15) is 4.79 Å². The zero-order chi connectivity index (χ0) is 14.4. The largest absolute Gasteiger partial charge is 0.326 e. The Kier molecular flexibility index (Phi) is 5.24. The molecule has 0 radical (unpaired) electrons. The number of amides is 1. The highest BCUT2D eigenvalue weighted by Gasteiger charge is 2.18. The van der Waals surface area contributed by atoms with Crippen molar-refractivity contribution in [3.63, 3.8) is 0 Å². The smallest absolute Gasteiger partial charge is 0.231 e. The van der Waals surface area contributed by atoms with Crippen LogP contribution >= 0.6 is 11.8 Å². The highest BCUT2D eigenvalue weighted by Crippen LogP contribution is 2.22. The molecule has 2 rings (SSSR count). The summed E-state index contributed by atoms with van der Waals surface area (Å²) < 4.78 is 0. The SMILES string of the molecule is CCC(C(=O)Nc1ccc(SC)cc1)c1ccccc1. The molecule has 0 aliphatic carbocycles. The average molecular weight is 285 g/mol. The van der Waals surface area contributed by atoms with Crippen LogP contribution in [0, 0.1) is 0 Å². The van der Waals surface area contributed by atoms with E-state index in [1.807, 2.05) is 67.8 Å². The lowest BCUT2D eigenvalue weighted by atomic mass is 9.95. The third-order valence-electron chi connectivity index (χ3n) is 3.28. The summed E-state index contributed by atoms with van der Waals surface area (Å²) in [6.45, 7) is 2.04. The number of carbonyl (C=O) groups is 1. The summed E-state index contributed by atoms with van der Waals surface area (Å²) >= 11 is 1.69. The average Bonchev–Trinajstić information content (AvgIpc) is 2.50. The third-order valence-corrected chi connectivity index (χ3v) is 4.03. The minimum absolute atomic E-state index is 0.0515. The Balaban J connectivity index is 2.09. The van der Waals surface area contributed by atoms with E-state index in [0.717, 1.165) is 17.7 Å². The van der Waals surface area contributed by atoms with Crippen molar-refractivity contribution < 1.29 is 4.79 Å². The Morgan fingerprint density at radius 2 is 1.75 bits per heavy atom. The molecule has 104 valence electrons. The molecule has 0 aromatic heterocycles. The van der Waals surface area contributed by atoms with Crippen LogP contribution in [0.15, 0.2) is 59.5 Å². The number of hydrogen-bond acceptors (Lipinski definition) is 2. The summed E-state index contributed by atoms with van der Waals surface area (Å²) in [5.41, 5.74) is 1.91. The molecule has 0 heterocycles. The Labute approximate surface area is 124 Å². The van der Waals surface area contributed by atoms with Crippen molar-refractivity contribution >= 4 is 23.4 Å². The zero-order valence-electron chi connectivity index (χ0n) is 11.8. The van der Waals surface area contributed by atoms with Gasteiger partial charge in [0.1, 0.15) is 0 Å². The van der Waals surface area contributed by atoms with E-state index in [2.05, 4.69) is 5.32 Å². The first kappa shape index (κ1) is 14.7. The fourth-order valence-corrected chi connectivity index (χ4v) is 2.57. The molecule has 3 heteroatoms. The first-order valence-corrected chi connectivity index (χ1v) is 7.97. The van der Waals surface area contributed by atoms with Crippen molar-refractivity contribution in [2.75, 3.05) is 11.6 Å². The molecule has 0 fully saturated rings. The van der Waals surface area contributed by atoms with Gasteiger partial charge in [0.15, 0.2) is 0 Å². The summed E-state index contributed by atoms with van der Waals surface area (Å²) in [6, 6.07) is 17.8. The van der Waals surface area contributed by atoms with Gasteiger partial charge in [-0.15, -0.1) is 11.8 Å². The molecular formula is C17H19NOS. The summed E-state index contributed by atoms with van der Waals surface area (Å²) in [5.74, 6) is -0.0490. The molecule has 2 aromatic carbocycles. The van der Waals surface area contributed by atoms with Crippen molar-refractivity contribution in [1.29, 1.82) is 0 Å². The second kappa shape index (κ2) is 7.15. The number of benzene rings is 2. The third kappa shape index (κ3) is 3.64. The molecule has 0 saturated carbocycles. The van der Waals surface area contributed by atoms with Gasteiger partial charge < -0.3 is 5.32 Å². The Morgan fingerprint density at radius 1 is 1.10 bits per heavy atom. The molecule has 0 saturated heterocycles. The van der Waals surface area contributed by atoms with Crippen LogP contribution in [0.25, 0.3) is 0 Å². The summed E-state index contributed by atoms with van der Waals surface area (Å²) in [6.07, 6.45) is 2.83. The van der Waals surface area contributed by atoms with Gasteiger partial charge in [0.25, 0.3) is 0 Å². The van der Waals surface area contributed by atoms with Crippen molar-refractivity contribution in [2.45, 2.75) is 24.2 Å². The van der Waals surface area contributed by atoms with Crippen LogP contribution in [-0.4, -0.2) is 12.2 Å². The van der Waals surface area contributed by atoms with Gasteiger partial charge in [-0.2, -0.15) is 0 Å². The number of nitrogens with one attached hydrogen (secondary N) is 1. The maximum Gasteiger partial charge on any atom is 0.231 e. The van der Waals surface area contributed by atoms with E-state index in [4.69, 9.17) is 0 Å². The van der Waals surface area contributed by atoms with Gasteiger partial charge in [0, 0.05) is 10.6 Å². The minimum atomic E-state index is -0.101. The zero-order valence-corrected chi connectivity index (χ0v) is 12.6. The second-order valence-corrected chi connectivity index (χ2v) is 5.47. The quantitative estimate of drug-likeness (QED) is 0.817. The van der Waals surface area contributed by atoms with E-state index < -0.39 is 0 Å². The van der Waals surface area contributed by atoms with Crippen LogP contribution in [0.4, 0.5) is 5.69 Å². The van der Waals surface area contributed by atoms with Gasteiger partial charge in [-0.1, -0.05) is 37.3 Å². The van der Waals surface area contributed by atoms with Crippen molar-refractivity contribution in [2.24, 2.45) is 0 Å². The first-order chi connectivity index (χ1) is 9.74. The molecule has 2 aromatic rings. The molecule has 0 aliphatic rings. The molecule has 0 aliphatic heterocycles. The van der Waals surface area contributed by atoms with Crippen LogP contribution in [0.3, 0.4) is 0 Å². The number of carbonyl (C=O) groups excluding carboxylic acids is 1. The molecule has 1 unspecified atom stereocenters.